The molecule has 0 radical (unpaired) electrons. The second kappa shape index (κ2) is 5.41. The Balaban J connectivity index is 1.94. The van der Waals surface area contributed by atoms with E-state index in [1.807, 2.05) is 0 Å². The van der Waals surface area contributed by atoms with Crippen molar-refractivity contribution in [2.45, 2.75) is 8.42 Å². The molecule has 0 saturated carbocycles. The summed E-state index contributed by atoms with van der Waals surface area (Å²) in [5.41, 5.74) is 0. The normalized spacial score (nSPS) is 10.7. The highest BCUT2D eigenvalue weighted by molar-refractivity contribution is 9.10. The minimum Gasteiger partial charge on any atom is -0.135 e. The predicted octanol–water partition coefficient (Wildman–Crippen LogP) is 6.13. The van der Waals surface area contributed by atoms with Crippen molar-refractivity contribution in [2.24, 2.45) is 0 Å². The Kier molecular flexibility index (Phi) is 4.46. The first-order valence-electron chi connectivity index (χ1n) is 3.56. The summed E-state index contributed by atoms with van der Waals surface area (Å²) < 4.78 is 4.98. The summed E-state index contributed by atoms with van der Waals surface area (Å²) in [4.78, 5) is 0. The third kappa shape index (κ3) is 3.28. The summed E-state index contributed by atoms with van der Waals surface area (Å²) in [6.45, 7) is 0. The van der Waals surface area contributed by atoms with Gasteiger partial charge in [-0.1, -0.05) is 0 Å². The smallest absolute Gasteiger partial charge is 0.0721 e. The molecule has 6 heteroatoms. The van der Waals surface area contributed by atoms with Gasteiger partial charge in [-0.3, -0.25) is 0 Å². The van der Waals surface area contributed by atoms with Crippen LogP contribution in [0.1, 0.15) is 0 Å². The molecule has 0 aliphatic rings. The van der Waals surface area contributed by atoms with Gasteiger partial charge < -0.3 is 0 Å². The van der Waals surface area contributed by atoms with Gasteiger partial charge >= 0.3 is 0 Å². The highest BCUT2D eigenvalue weighted by atomic mass is 79.9. The molecule has 14 heavy (non-hydrogen) atoms. The van der Waals surface area contributed by atoms with Crippen LogP contribution < -0.4 is 0 Å². The largest absolute Gasteiger partial charge is 0.135 e. The molecule has 0 aliphatic heterocycles. The van der Waals surface area contributed by atoms with E-state index in [0.717, 1.165) is 8.95 Å². The van der Waals surface area contributed by atoms with E-state index < -0.39 is 0 Å². The lowest BCUT2D eigenvalue weighted by Crippen LogP contribution is -1.53. The van der Waals surface area contributed by atoms with Crippen molar-refractivity contribution >= 4 is 76.1 Å². The number of hydrogen-bond acceptors (Lipinski definition) is 4. The SMILES string of the molecule is Brc1csc(SSc2cc(Br)cs2)c1. The Morgan fingerprint density at radius 3 is 1.57 bits per heavy atom. The molecule has 0 N–H and O–H groups in total. The molecule has 0 atom stereocenters. The van der Waals surface area contributed by atoms with Gasteiger partial charge in [0.2, 0.25) is 0 Å². The van der Waals surface area contributed by atoms with Gasteiger partial charge in [0.05, 0.1) is 8.42 Å². The molecule has 2 aromatic rings. The molecule has 0 nitrogen and oxygen atoms in total. The Morgan fingerprint density at radius 2 is 1.29 bits per heavy atom. The van der Waals surface area contributed by atoms with Crippen LogP contribution in [0.15, 0.2) is 40.3 Å². The van der Waals surface area contributed by atoms with Gasteiger partial charge in [0.15, 0.2) is 0 Å². The number of rotatable bonds is 3. The first-order chi connectivity index (χ1) is 6.74. The van der Waals surface area contributed by atoms with Crippen LogP contribution in [0.3, 0.4) is 0 Å². The van der Waals surface area contributed by atoms with Crippen LogP contribution in [0, 0.1) is 0 Å². The Labute approximate surface area is 115 Å². The van der Waals surface area contributed by atoms with Crippen molar-refractivity contribution in [3.8, 4) is 0 Å². The predicted molar refractivity (Wildman–Crippen MR) is 75.8 cm³/mol. The van der Waals surface area contributed by atoms with E-state index in [4.69, 9.17) is 0 Å². The number of hydrogen-bond donors (Lipinski definition) is 0. The molecule has 0 unspecified atom stereocenters. The summed E-state index contributed by atoms with van der Waals surface area (Å²) in [5.74, 6) is 0. The lowest BCUT2D eigenvalue weighted by Gasteiger charge is -1.92. The van der Waals surface area contributed by atoms with E-state index in [2.05, 4.69) is 54.8 Å². The van der Waals surface area contributed by atoms with Crippen LogP contribution in [0.25, 0.3) is 0 Å². The molecule has 2 heterocycles. The van der Waals surface area contributed by atoms with Crippen LogP contribution in [0.2, 0.25) is 0 Å². The Morgan fingerprint density at radius 1 is 0.857 bits per heavy atom. The van der Waals surface area contributed by atoms with Crippen molar-refractivity contribution in [3.05, 3.63) is 31.8 Å². The quantitative estimate of drug-likeness (QED) is 0.580. The fourth-order valence-electron chi connectivity index (χ4n) is 0.760. The van der Waals surface area contributed by atoms with Crippen molar-refractivity contribution < 1.29 is 0 Å². The summed E-state index contributed by atoms with van der Waals surface area (Å²) in [5, 5.41) is 4.21. The molecule has 0 fully saturated rings. The molecule has 0 spiro atoms. The first kappa shape index (κ1) is 11.5. The second-order valence-corrected chi connectivity index (χ2v) is 8.72. The van der Waals surface area contributed by atoms with E-state index >= 15 is 0 Å². The van der Waals surface area contributed by atoms with E-state index in [1.54, 1.807) is 44.3 Å². The summed E-state index contributed by atoms with van der Waals surface area (Å²) >= 11 is 10.4. The van der Waals surface area contributed by atoms with Gasteiger partial charge in [-0.15, -0.1) is 22.7 Å². The zero-order valence-electron chi connectivity index (χ0n) is 6.70. The van der Waals surface area contributed by atoms with Gasteiger partial charge in [0.1, 0.15) is 0 Å². The maximum absolute atomic E-state index is 3.45. The van der Waals surface area contributed by atoms with Crippen molar-refractivity contribution in [1.29, 1.82) is 0 Å². The molecule has 0 aliphatic carbocycles. The Hall–Kier alpha value is 1.06. The van der Waals surface area contributed by atoms with Crippen LogP contribution in [0.5, 0.6) is 0 Å². The van der Waals surface area contributed by atoms with E-state index in [1.165, 1.54) is 8.42 Å². The average Bonchev–Trinajstić information content (AvgIpc) is 2.72. The van der Waals surface area contributed by atoms with Crippen LogP contribution in [-0.4, -0.2) is 0 Å². The van der Waals surface area contributed by atoms with Crippen molar-refractivity contribution in [2.75, 3.05) is 0 Å². The Bertz CT molecular complexity index is 380. The molecule has 0 saturated heterocycles. The summed E-state index contributed by atoms with van der Waals surface area (Å²) in [7, 11) is 3.60. The van der Waals surface area contributed by atoms with Crippen molar-refractivity contribution in [1.82, 2.24) is 0 Å². The fourth-order valence-corrected chi connectivity index (χ4v) is 6.59. The highest BCUT2D eigenvalue weighted by Gasteiger charge is 2.02. The molecule has 2 rings (SSSR count). The monoisotopic (exact) mass is 386 g/mol. The fraction of sp³-hybridized carbons (Fsp3) is 0. The van der Waals surface area contributed by atoms with Crippen molar-refractivity contribution in [3.63, 3.8) is 0 Å². The lowest BCUT2D eigenvalue weighted by molar-refractivity contribution is 1.70. The molecular weight excluding hydrogens is 384 g/mol. The molecule has 0 aromatic carbocycles. The zero-order valence-corrected chi connectivity index (χ0v) is 13.1. The van der Waals surface area contributed by atoms with Gasteiger partial charge in [-0.05, 0) is 65.6 Å². The standard InChI is InChI=1S/C8H4Br2S4/c9-5-1-7(11-3-5)13-14-8-2-6(10)4-12-8/h1-4H. The van der Waals surface area contributed by atoms with Gasteiger partial charge in [-0.2, -0.15) is 0 Å². The maximum atomic E-state index is 3.45. The van der Waals surface area contributed by atoms with E-state index in [9.17, 15) is 0 Å². The number of halogens is 2. The molecular formula is C8H4Br2S4. The number of thiophene rings is 2. The third-order valence-corrected chi connectivity index (χ3v) is 7.94. The molecule has 2 aromatic heterocycles. The van der Waals surface area contributed by atoms with Gasteiger partial charge in [0, 0.05) is 19.7 Å². The topological polar surface area (TPSA) is 0 Å². The molecule has 0 bridgehead atoms. The summed E-state index contributed by atoms with van der Waals surface area (Å²) in [6, 6.07) is 4.29. The highest BCUT2D eigenvalue weighted by Crippen LogP contribution is 2.43. The average molecular weight is 388 g/mol. The minimum absolute atomic E-state index is 1.16. The second-order valence-electron chi connectivity index (χ2n) is 2.33. The van der Waals surface area contributed by atoms with E-state index in [-0.39, 0.29) is 0 Å². The zero-order chi connectivity index (χ0) is 9.97. The van der Waals surface area contributed by atoms with Crippen LogP contribution in [-0.2, 0) is 0 Å². The van der Waals surface area contributed by atoms with Crippen LogP contribution >= 0.6 is 76.1 Å². The maximum Gasteiger partial charge on any atom is 0.0721 e. The molecule has 0 amide bonds. The first-order valence-corrected chi connectivity index (χ1v) is 9.06. The third-order valence-electron chi connectivity index (χ3n) is 1.29. The van der Waals surface area contributed by atoms with E-state index in [0.29, 0.717) is 0 Å². The lowest BCUT2D eigenvalue weighted by atomic mass is 10.7. The van der Waals surface area contributed by atoms with Gasteiger partial charge in [0.25, 0.3) is 0 Å². The van der Waals surface area contributed by atoms with Gasteiger partial charge in [-0.25, -0.2) is 0 Å². The van der Waals surface area contributed by atoms with Crippen LogP contribution in [0.4, 0.5) is 0 Å². The molecule has 74 valence electrons. The minimum atomic E-state index is 1.16. The summed E-state index contributed by atoms with van der Waals surface area (Å²) in [6.07, 6.45) is 0.